The number of nitrogens with one attached hydrogen (secondary N) is 1. The molecule has 1 unspecified atom stereocenters. The number of esters is 1. The third-order valence-electron chi connectivity index (χ3n) is 9.42. The number of hydrogen-bond acceptors (Lipinski definition) is 4. The molecule has 5 nitrogen and oxygen atoms in total. The summed E-state index contributed by atoms with van der Waals surface area (Å²) in [4.78, 5) is 23.6. The molecule has 0 aliphatic heterocycles. The molecule has 29 heavy (non-hydrogen) atoms. The molecule has 0 bridgehead atoms. The van der Waals surface area contributed by atoms with Gasteiger partial charge in [-0.1, -0.05) is 25.5 Å². The van der Waals surface area contributed by atoms with E-state index in [1.165, 1.54) is 25.5 Å². The van der Waals surface area contributed by atoms with Gasteiger partial charge >= 0.3 is 11.9 Å². The third kappa shape index (κ3) is 3.24. The van der Waals surface area contributed by atoms with Gasteiger partial charge in [-0.25, -0.2) is 4.79 Å². The summed E-state index contributed by atoms with van der Waals surface area (Å²) in [6.07, 6.45) is 10.7. The van der Waals surface area contributed by atoms with Crippen molar-refractivity contribution in [1.82, 2.24) is 5.32 Å². The second-order valence-corrected chi connectivity index (χ2v) is 10.6. The summed E-state index contributed by atoms with van der Waals surface area (Å²) >= 11 is 0. The highest BCUT2D eigenvalue weighted by molar-refractivity contribution is 6.32. The molecule has 5 heteroatoms. The van der Waals surface area contributed by atoms with Gasteiger partial charge < -0.3 is 15.2 Å². The van der Waals surface area contributed by atoms with E-state index in [4.69, 9.17) is 4.74 Å². The number of allylic oxidation sites excluding steroid dienone is 1. The lowest BCUT2D eigenvalue weighted by molar-refractivity contribution is -0.163. The normalized spacial score (nSPS) is 44.6. The molecule has 4 aliphatic rings. The minimum absolute atomic E-state index is 0.161. The largest absolute Gasteiger partial charge is 0.455 e. The number of rotatable bonds is 2. The van der Waals surface area contributed by atoms with Crippen molar-refractivity contribution in [3.8, 4) is 0 Å². The van der Waals surface area contributed by atoms with Gasteiger partial charge in [0.1, 0.15) is 6.10 Å². The average Bonchev–Trinajstić information content (AvgIpc) is 3.05. The lowest BCUT2D eigenvalue weighted by Crippen LogP contribution is -2.51. The standard InChI is InChI=1S/C24H37NO4/c1-14(29-22(28)21(27)25-4)18-7-8-19-17-6-5-15-13-16(26)9-11-23(15,2)20(17)10-12-24(18,19)3/h5,14,16-20,26H,6-13H2,1-4H3,(H,25,27)/t14?,16-,17-,18+,19-,20-,23-,24+/m0/s1. The Morgan fingerprint density at radius 3 is 2.66 bits per heavy atom. The van der Waals surface area contributed by atoms with Gasteiger partial charge in [0.05, 0.1) is 6.10 Å². The minimum atomic E-state index is -0.765. The zero-order valence-corrected chi connectivity index (χ0v) is 18.4. The summed E-state index contributed by atoms with van der Waals surface area (Å²) in [6.45, 7) is 6.82. The van der Waals surface area contributed by atoms with Crippen LogP contribution in [0.5, 0.6) is 0 Å². The summed E-state index contributed by atoms with van der Waals surface area (Å²) in [5, 5.41) is 12.5. The highest BCUT2D eigenvalue weighted by Gasteiger charge is 2.59. The van der Waals surface area contributed by atoms with Crippen LogP contribution in [0.4, 0.5) is 0 Å². The van der Waals surface area contributed by atoms with Gasteiger partial charge in [-0.15, -0.1) is 0 Å². The number of aliphatic hydroxyl groups excluding tert-OH is 1. The number of amides is 1. The molecule has 1 amide bonds. The smallest absolute Gasteiger partial charge is 0.397 e. The Hall–Kier alpha value is -1.36. The molecule has 162 valence electrons. The number of likely N-dealkylation sites (N-methyl/N-ethyl adjacent to an activating group) is 1. The van der Waals surface area contributed by atoms with Crippen molar-refractivity contribution in [1.29, 1.82) is 0 Å². The summed E-state index contributed by atoms with van der Waals surface area (Å²) in [7, 11) is 1.46. The Kier molecular flexibility index (Phi) is 5.33. The number of hydrogen-bond donors (Lipinski definition) is 2. The van der Waals surface area contributed by atoms with Crippen LogP contribution in [-0.2, 0) is 14.3 Å². The van der Waals surface area contributed by atoms with E-state index in [-0.39, 0.29) is 23.0 Å². The predicted octanol–water partition coefficient (Wildman–Crippen LogP) is 3.60. The van der Waals surface area contributed by atoms with Crippen LogP contribution in [0.3, 0.4) is 0 Å². The molecule has 4 aliphatic carbocycles. The molecule has 0 aromatic heterocycles. The third-order valence-corrected chi connectivity index (χ3v) is 9.42. The summed E-state index contributed by atoms with van der Waals surface area (Å²) in [5.41, 5.74) is 1.92. The van der Waals surface area contributed by atoms with Gasteiger partial charge in [0.2, 0.25) is 0 Å². The molecule has 0 heterocycles. The Bertz CT molecular complexity index is 718. The van der Waals surface area contributed by atoms with Crippen molar-refractivity contribution in [2.24, 2.45) is 34.5 Å². The number of fused-ring (bicyclic) bond motifs is 5. The number of carbonyl (C=O) groups excluding carboxylic acids is 2. The molecule has 3 fully saturated rings. The number of ether oxygens (including phenoxy) is 1. The lowest BCUT2D eigenvalue weighted by Gasteiger charge is -2.58. The fourth-order valence-electron chi connectivity index (χ4n) is 7.86. The maximum absolute atomic E-state index is 12.0. The SMILES string of the molecule is CNC(=O)C(=O)OC(C)[C@H]1CC[C@H]2[C@@H]3CC=C4C[C@@H](O)CC[C@]4(C)[C@H]3CC[C@]12C. The van der Waals surface area contributed by atoms with Crippen molar-refractivity contribution >= 4 is 11.9 Å². The first-order valence-electron chi connectivity index (χ1n) is 11.5. The van der Waals surface area contributed by atoms with Gasteiger partial charge in [0.15, 0.2) is 0 Å². The quantitative estimate of drug-likeness (QED) is 0.420. The first-order chi connectivity index (χ1) is 13.7. The zero-order valence-electron chi connectivity index (χ0n) is 18.4. The Labute approximate surface area is 174 Å². The number of carbonyl (C=O) groups is 2. The molecule has 3 saturated carbocycles. The van der Waals surface area contributed by atoms with E-state index in [1.807, 2.05) is 6.92 Å². The summed E-state index contributed by atoms with van der Waals surface area (Å²) in [6, 6.07) is 0. The highest BCUT2D eigenvalue weighted by Crippen LogP contribution is 2.66. The maximum Gasteiger partial charge on any atom is 0.397 e. The highest BCUT2D eigenvalue weighted by atomic mass is 16.5. The van der Waals surface area contributed by atoms with E-state index in [9.17, 15) is 14.7 Å². The Balaban J connectivity index is 1.53. The monoisotopic (exact) mass is 403 g/mol. The molecule has 4 rings (SSSR count). The van der Waals surface area contributed by atoms with Crippen molar-refractivity contribution < 1.29 is 19.4 Å². The van der Waals surface area contributed by atoms with Crippen LogP contribution >= 0.6 is 0 Å². The molecular formula is C24H37NO4. The fraction of sp³-hybridized carbons (Fsp3) is 0.833. The van der Waals surface area contributed by atoms with E-state index in [2.05, 4.69) is 25.2 Å². The molecule has 0 saturated heterocycles. The van der Waals surface area contributed by atoms with Gasteiger partial charge in [-0.2, -0.15) is 0 Å². The van der Waals surface area contributed by atoms with Crippen molar-refractivity contribution in [2.45, 2.75) is 84.3 Å². The van der Waals surface area contributed by atoms with Crippen molar-refractivity contribution in [3.05, 3.63) is 11.6 Å². The molecule has 0 spiro atoms. The number of aliphatic hydroxyl groups is 1. The fourth-order valence-corrected chi connectivity index (χ4v) is 7.86. The molecule has 8 atom stereocenters. The maximum atomic E-state index is 12.0. The van der Waals surface area contributed by atoms with Crippen molar-refractivity contribution in [2.75, 3.05) is 7.05 Å². The Morgan fingerprint density at radius 1 is 1.17 bits per heavy atom. The molecule has 0 aromatic carbocycles. The lowest BCUT2D eigenvalue weighted by atomic mass is 9.47. The predicted molar refractivity (Wildman–Crippen MR) is 111 cm³/mol. The van der Waals surface area contributed by atoms with E-state index >= 15 is 0 Å². The summed E-state index contributed by atoms with van der Waals surface area (Å²) in [5.74, 6) is 0.916. The Morgan fingerprint density at radius 2 is 1.93 bits per heavy atom. The summed E-state index contributed by atoms with van der Waals surface area (Å²) < 4.78 is 5.56. The van der Waals surface area contributed by atoms with Gasteiger partial charge in [0.25, 0.3) is 0 Å². The van der Waals surface area contributed by atoms with Crippen LogP contribution in [-0.4, -0.2) is 36.2 Å². The van der Waals surface area contributed by atoms with Crippen LogP contribution < -0.4 is 5.32 Å². The first kappa shape index (κ1) is 20.9. The van der Waals surface area contributed by atoms with Crippen LogP contribution in [0.15, 0.2) is 11.6 Å². The first-order valence-corrected chi connectivity index (χ1v) is 11.5. The molecular weight excluding hydrogens is 366 g/mol. The van der Waals surface area contributed by atoms with E-state index in [0.717, 1.165) is 38.5 Å². The molecule has 0 radical (unpaired) electrons. The van der Waals surface area contributed by atoms with Gasteiger partial charge in [-0.3, -0.25) is 4.79 Å². The van der Waals surface area contributed by atoms with Gasteiger partial charge in [0, 0.05) is 13.0 Å². The zero-order chi connectivity index (χ0) is 21.0. The topological polar surface area (TPSA) is 75.6 Å². The van der Waals surface area contributed by atoms with E-state index < -0.39 is 11.9 Å². The molecule has 2 N–H and O–H groups in total. The van der Waals surface area contributed by atoms with E-state index in [1.54, 1.807) is 0 Å². The van der Waals surface area contributed by atoms with Crippen LogP contribution in [0, 0.1) is 34.5 Å². The van der Waals surface area contributed by atoms with E-state index in [0.29, 0.717) is 23.7 Å². The second kappa shape index (κ2) is 7.40. The average molecular weight is 404 g/mol. The van der Waals surface area contributed by atoms with Crippen molar-refractivity contribution in [3.63, 3.8) is 0 Å². The van der Waals surface area contributed by atoms with Crippen LogP contribution in [0.25, 0.3) is 0 Å². The molecule has 0 aromatic rings. The van der Waals surface area contributed by atoms with Gasteiger partial charge in [-0.05, 0) is 86.9 Å². The van der Waals surface area contributed by atoms with Crippen LogP contribution in [0.2, 0.25) is 0 Å². The minimum Gasteiger partial charge on any atom is -0.455 e. The second-order valence-electron chi connectivity index (χ2n) is 10.6. The van der Waals surface area contributed by atoms with Crippen LogP contribution in [0.1, 0.15) is 72.1 Å².